The summed E-state index contributed by atoms with van der Waals surface area (Å²) < 4.78 is 0. The van der Waals surface area contributed by atoms with Crippen molar-refractivity contribution in [3.05, 3.63) is 71.8 Å². The number of rotatable bonds is 7. The zero-order chi connectivity index (χ0) is 20.0. The molecule has 0 heterocycles. The molecule has 0 aromatic heterocycles. The van der Waals surface area contributed by atoms with Crippen molar-refractivity contribution in [2.24, 2.45) is 5.41 Å². The van der Waals surface area contributed by atoms with E-state index in [1.807, 2.05) is 81.4 Å². The van der Waals surface area contributed by atoms with E-state index >= 15 is 0 Å². The summed E-state index contributed by atoms with van der Waals surface area (Å²) >= 11 is 0. The summed E-state index contributed by atoms with van der Waals surface area (Å²) in [6.07, 6.45) is 0. The van der Waals surface area contributed by atoms with Gasteiger partial charge in [-0.15, -0.1) is 0 Å². The summed E-state index contributed by atoms with van der Waals surface area (Å²) in [7, 11) is 0. The van der Waals surface area contributed by atoms with Gasteiger partial charge in [-0.05, 0) is 45.7 Å². The van der Waals surface area contributed by atoms with E-state index in [2.05, 4.69) is 5.32 Å². The third kappa shape index (κ3) is 5.19. The van der Waals surface area contributed by atoms with Crippen molar-refractivity contribution in [1.29, 1.82) is 0 Å². The molecule has 2 aromatic carbocycles. The number of amides is 2. The maximum Gasteiger partial charge on any atom is 0.238 e. The van der Waals surface area contributed by atoms with Gasteiger partial charge in [-0.2, -0.15) is 0 Å². The van der Waals surface area contributed by atoms with Crippen LogP contribution in [0.2, 0.25) is 0 Å². The highest BCUT2D eigenvalue weighted by Gasteiger charge is 2.40. The SMILES string of the molecule is CC(NC(=O)C(C)(C)C(=O)N(Cc1ccccc1)C(C)C)c1ccccc1. The molecule has 27 heavy (non-hydrogen) atoms. The molecule has 0 saturated heterocycles. The van der Waals surface area contributed by atoms with Gasteiger partial charge >= 0.3 is 0 Å². The number of carbonyl (C=O) groups excluding carboxylic acids is 2. The van der Waals surface area contributed by atoms with Crippen LogP contribution in [-0.4, -0.2) is 22.8 Å². The highest BCUT2D eigenvalue weighted by Crippen LogP contribution is 2.24. The number of benzene rings is 2. The highest BCUT2D eigenvalue weighted by molar-refractivity contribution is 6.04. The Hall–Kier alpha value is -2.62. The first-order valence-corrected chi connectivity index (χ1v) is 9.44. The quantitative estimate of drug-likeness (QED) is 0.742. The minimum Gasteiger partial charge on any atom is -0.349 e. The van der Waals surface area contributed by atoms with Crippen molar-refractivity contribution in [3.8, 4) is 0 Å². The molecule has 0 saturated carbocycles. The molecule has 0 aliphatic rings. The molecule has 1 unspecified atom stereocenters. The Balaban J connectivity index is 2.14. The van der Waals surface area contributed by atoms with Crippen molar-refractivity contribution < 1.29 is 9.59 Å². The number of nitrogens with one attached hydrogen (secondary N) is 1. The molecule has 0 aliphatic heterocycles. The van der Waals surface area contributed by atoms with Gasteiger partial charge in [-0.1, -0.05) is 60.7 Å². The van der Waals surface area contributed by atoms with Gasteiger partial charge in [0.15, 0.2) is 0 Å². The zero-order valence-corrected chi connectivity index (χ0v) is 16.9. The number of nitrogens with zero attached hydrogens (tertiary/aromatic N) is 1. The van der Waals surface area contributed by atoms with Crippen LogP contribution in [0, 0.1) is 5.41 Å². The number of carbonyl (C=O) groups is 2. The maximum atomic E-state index is 13.2. The summed E-state index contributed by atoms with van der Waals surface area (Å²) in [5.41, 5.74) is 0.912. The van der Waals surface area contributed by atoms with Crippen LogP contribution >= 0.6 is 0 Å². The average molecular weight is 367 g/mol. The topological polar surface area (TPSA) is 49.4 Å². The fraction of sp³-hybridized carbons (Fsp3) is 0.391. The van der Waals surface area contributed by atoms with E-state index in [-0.39, 0.29) is 23.9 Å². The van der Waals surface area contributed by atoms with Gasteiger partial charge < -0.3 is 10.2 Å². The first kappa shape index (κ1) is 20.7. The lowest BCUT2D eigenvalue weighted by molar-refractivity contribution is -0.150. The van der Waals surface area contributed by atoms with E-state index in [9.17, 15) is 9.59 Å². The summed E-state index contributed by atoms with van der Waals surface area (Å²) in [5, 5.41) is 2.99. The van der Waals surface area contributed by atoms with Crippen molar-refractivity contribution in [2.75, 3.05) is 0 Å². The van der Waals surface area contributed by atoms with Crippen LogP contribution in [0.15, 0.2) is 60.7 Å². The molecule has 0 radical (unpaired) electrons. The van der Waals surface area contributed by atoms with Gasteiger partial charge in [0.05, 0.1) is 6.04 Å². The second-order valence-electron chi connectivity index (χ2n) is 7.74. The van der Waals surface area contributed by atoms with Crippen LogP contribution in [0.5, 0.6) is 0 Å². The number of hydrogen-bond acceptors (Lipinski definition) is 2. The molecule has 0 bridgehead atoms. The van der Waals surface area contributed by atoms with Gasteiger partial charge in [0, 0.05) is 12.6 Å². The largest absolute Gasteiger partial charge is 0.349 e. The third-order valence-corrected chi connectivity index (χ3v) is 4.83. The van der Waals surface area contributed by atoms with E-state index in [1.54, 1.807) is 18.7 Å². The van der Waals surface area contributed by atoms with Crippen LogP contribution in [0.3, 0.4) is 0 Å². The molecule has 1 N–H and O–H groups in total. The normalized spacial score (nSPS) is 12.5. The fourth-order valence-electron chi connectivity index (χ4n) is 2.93. The first-order valence-electron chi connectivity index (χ1n) is 9.44. The van der Waals surface area contributed by atoms with Gasteiger partial charge in [-0.25, -0.2) is 0 Å². The first-order chi connectivity index (χ1) is 12.7. The molecule has 2 aromatic rings. The smallest absolute Gasteiger partial charge is 0.238 e. The summed E-state index contributed by atoms with van der Waals surface area (Å²) in [6.45, 7) is 9.76. The van der Waals surface area contributed by atoms with Crippen LogP contribution in [0.25, 0.3) is 0 Å². The van der Waals surface area contributed by atoms with E-state index in [0.29, 0.717) is 6.54 Å². The fourth-order valence-corrected chi connectivity index (χ4v) is 2.93. The molecule has 1 atom stereocenters. The van der Waals surface area contributed by atoms with Crippen molar-refractivity contribution in [3.63, 3.8) is 0 Å². The lowest BCUT2D eigenvalue weighted by atomic mass is 9.88. The molecule has 0 spiro atoms. The van der Waals surface area contributed by atoms with Gasteiger partial charge in [0.25, 0.3) is 0 Å². The van der Waals surface area contributed by atoms with Crippen molar-refractivity contribution >= 4 is 11.8 Å². The molecule has 0 fully saturated rings. The van der Waals surface area contributed by atoms with E-state index in [1.165, 1.54) is 0 Å². The maximum absolute atomic E-state index is 13.2. The van der Waals surface area contributed by atoms with Crippen LogP contribution in [0.4, 0.5) is 0 Å². The Kier molecular flexibility index (Phi) is 6.78. The molecule has 4 heteroatoms. The van der Waals surface area contributed by atoms with Gasteiger partial charge in [-0.3, -0.25) is 9.59 Å². The van der Waals surface area contributed by atoms with E-state index < -0.39 is 5.41 Å². The zero-order valence-electron chi connectivity index (χ0n) is 16.9. The molecule has 2 amide bonds. The lowest BCUT2D eigenvalue weighted by Crippen LogP contribution is -2.51. The Morgan fingerprint density at radius 1 is 0.926 bits per heavy atom. The van der Waals surface area contributed by atoms with E-state index in [0.717, 1.165) is 11.1 Å². The Bertz CT molecular complexity index is 754. The van der Waals surface area contributed by atoms with Crippen LogP contribution in [0.1, 0.15) is 51.8 Å². The van der Waals surface area contributed by atoms with Crippen LogP contribution in [-0.2, 0) is 16.1 Å². The predicted molar refractivity (Wildman–Crippen MR) is 109 cm³/mol. The molecule has 0 aliphatic carbocycles. The molecule has 144 valence electrons. The Morgan fingerprint density at radius 2 is 1.44 bits per heavy atom. The minimum atomic E-state index is -1.15. The highest BCUT2D eigenvalue weighted by atomic mass is 16.2. The Morgan fingerprint density at radius 3 is 1.96 bits per heavy atom. The standard InChI is InChI=1S/C23H30N2O2/c1-17(2)25(16-19-12-8-6-9-13-19)22(27)23(4,5)21(26)24-18(3)20-14-10-7-11-15-20/h6-15,17-18H,16H2,1-5H3,(H,24,26). The second kappa shape index (κ2) is 8.85. The third-order valence-electron chi connectivity index (χ3n) is 4.83. The monoisotopic (exact) mass is 366 g/mol. The Labute approximate surface area is 162 Å². The summed E-state index contributed by atoms with van der Waals surface area (Å²) in [4.78, 5) is 27.9. The summed E-state index contributed by atoms with van der Waals surface area (Å²) in [5.74, 6) is -0.429. The predicted octanol–water partition coefficient (Wildman–Crippen LogP) is 4.33. The van der Waals surface area contributed by atoms with Gasteiger partial charge in [0.2, 0.25) is 11.8 Å². The summed E-state index contributed by atoms with van der Waals surface area (Å²) in [6, 6.07) is 19.4. The van der Waals surface area contributed by atoms with Gasteiger partial charge in [0.1, 0.15) is 5.41 Å². The molecule has 4 nitrogen and oxygen atoms in total. The average Bonchev–Trinajstić information content (AvgIpc) is 2.66. The van der Waals surface area contributed by atoms with Crippen LogP contribution < -0.4 is 5.32 Å². The van der Waals surface area contributed by atoms with E-state index in [4.69, 9.17) is 0 Å². The van der Waals surface area contributed by atoms with Crippen molar-refractivity contribution in [2.45, 2.75) is 53.2 Å². The second-order valence-corrected chi connectivity index (χ2v) is 7.74. The number of hydrogen-bond donors (Lipinski definition) is 1. The van der Waals surface area contributed by atoms with Crippen molar-refractivity contribution in [1.82, 2.24) is 10.2 Å². The molecular weight excluding hydrogens is 336 g/mol. The molecule has 2 rings (SSSR count). The molecular formula is C23H30N2O2. The lowest BCUT2D eigenvalue weighted by Gasteiger charge is -2.34. The minimum absolute atomic E-state index is 0.00340.